The maximum atomic E-state index is 12.4. The third-order valence-corrected chi connectivity index (χ3v) is 4.29. The number of carbonyl (C=O) groups excluding carboxylic acids is 2. The summed E-state index contributed by atoms with van der Waals surface area (Å²) in [4.78, 5) is 26.1. The maximum Gasteiger partial charge on any atom is 0.317 e. The number of urea groups is 1. The van der Waals surface area contributed by atoms with E-state index in [1.165, 1.54) is 0 Å². The van der Waals surface area contributed by atoms with Gasteiger partial charge in [-0.15, -0.1) is 0 Å². The Morgan fingerprint density at radius 2 is 2.20 bits per heavy atom. The number of rotatable bonds is 6. The molecule has 0 spiro atoms. The van der Waals surface area contributed by atoms with E-state index in [2.05, 4.69) is 10.6 Å². The van der Waals surface area contributed by atoms with E-state index >= 15 is 0 Å². The van der Waals surface area contributed by atoms with Crippen LogP contribution in [-0.4, -0.2) is 49.1 Å². The summed E-state index contributed by atoms with van der Waals surface area (Å²) in [6.45, 7) is 8.02. The monoisotopic (exact) mass is 347 g/mol. The molecule has 0 saturated carbocycles. The van der Waals surface area contributed by atoms with Gasteiger partial charge in [0.25, 0.3) is 0 Å². The summed E-state index contributed by atoms with van der Waals surface area (Å²) in [6, 6.07) is 7.59. The van der Waals surface area contributed by atoms with Crippen LogP contribution in [0, 0.1) is 12.8 Å². The molecule has 6 heteroatoms. The van der Waals surface area contributed by atoms with Gasteiger partial charge in [0.1, 0.15) is 12.4 Å². The van der Waals surface area contributed by atoms with Crippen LogP contribution >= 0.6 is 0 Å². The summed E-state index contributed by atoms with van der Waals surface area (Å²) in [5.41, 5.74) is 1.14. The first-order valence-electron chi connectivity index (χ1n) is 9.02. The van der Waals surface area contributed by atoms with E-state index in [0.29, 0.717) is 26.2 Å². The van der Waals surface area contributed by atoms with E-state index < -0.39 is 0 Å². The first kappa shape index (κ1) is 19.1. The molecular weight excluding hydrogens is 318 g/mol. The number of nitrogens with zero attached hydrogens (tertiary/aromatic N) is 1. The van der Waals surface area contributed by atoms with Gasteiger partial charge in [-0.2, -0.15) is 0 Å². The zero-order valence-corrected chi connectivity index (χ0v) is 15.4. The Labute approximate surface area is 149 Å². The first-order chi connectivity index (χ1) is 12.0. The standard InChI is InChI=1S/C19H29N3O3/c1-4-20-18(23)16-8-6-10-22(12-16)19(24)21-15(3)13-25-17-9-5-7-14(2)11-17/h5,7,9,11,15-16H,4,6,8,10,12-13H2,1-3H3,(H,20,23)(H,21,24)/t15-,16-/m0/s1. The van der Waals surface area contributed by atoms with E-state index in [9.17, 15) is 9.59 Å². The molecule has 1 heterocycles. The van der Waals surface area contributed by atoms with Crippen LogP contribution in [0.1, 0.15) is 32.3 Å². The number of carbonyl (C=O) groups is 2. The van der Waals surface area contributed by atoms with E-state index in [0.717, 1.165) is 24.2 Å². The fourth-order valence-electron chi connectivity index (χ4n) is 2.96. The minimum Gasteiger partial charge on any atom is -0.491 e. The molecular formula is C19H29N3O3. The third kappa shape index (κ3) is 5.96. The number of benzene rings is 1. The van der Waals surface area contributed by atoms with E-state index in [4.69, 9.17) is 4.74 Å². The number of ether oxygens (including phenoxy) is 1. The SMILES string of the molecule is CCNC(=O)[C@H]1CCCN(C(=O)N[C@@H](C)COc2cccc(C)c2)C1. The highest BCUT2D eigenvalue weighted by Gasteiger charge is 2.28. The van der Waals surface area contributed by atoms with Crippen molar-refractivity contribution in [2.24, 2.45) is 5.92 Å². The summed E-state index contributed by atoms with van der Waals surface area (Å²) in [5, 5.41) is 5.80. The molecule has 1 fully saturated rings. The lowest BCUT2D eigenvalue weighted by molar-refractivity contribution is -0.126. The van der Waals surface area contributed by atoms with Gasteiger partial charge in [0.2, 0.25) is 5.91 Å². The fraction of sp³-hybridized carbons (Fsp3) is 0.579. The van der Waals surface area contributed by atoms with Gasteiger partial charge in [0.15, 0.2) is 0 Å². The van der Waals surface area contributed by atoms with Crippen LogP contribution in [0.15, 0.2) is 24.3 Å². The molecule has 2 atom stereocenters. The lowest BCUT2D eigenvalue weighted by Crippen LogP contribution is -2.51. The van der Waals surface area contributed by atoms with Crippen molar-refractivity contribution in [1.82, 2.24) is 15.5 Å². The molecule has 0 aliphatic carbocycles. The molecule has 1 aromatic carbocycles. The van der Waals surface area contributed by atoms with Crippen molar-refractivity contribution >= 4 is 11.9 Å². The van der Waals surface area contributed by atoms with Crippen molar-refractivity contribution in [1.29, 1.82) is 0 Å². The normalized spacial score (nSPS) is 18.4. The van der Waals surface area contributed by atoms with Gasteiger partial charge in [-0.3, -0.25) is 4.79 Å². The van der Waals surface area contributed by atoms with Crippen molar-refractivity contribution in [2.75, 3.05) is 26.2 Å². The average molecular weight is 347 g/mol. The van der Waals surface area contributed by atoms with Crippen molar-refractivity contribution in [3.8, 4) is 5.75 Å². The van der Waals surface area contributed by atoms with E-state index in [1.54, 1.807) is 4.90 Å². The second-order valence-corrected chi connectivity index (χ2v) is 6.66. The molecule has 3 amide bonds. The van der Waals surface area contributed by atoms with Crippen LogP contribution in [0.4, 0.5) is 4.79 Å². The van der Waals surface area contributed by atoms with Gasteiger partial charge in [-0.1, -0.05) is 12.1 Å². The van der Waals surface area contributed by atoms with Crippen LogP contribution in [0.3, 0.4) is 0 Å². The average Bonchev–Trinajstić information content (AvgIpc) is 2.60. The molecule has 1 saturated heterocycles. The lowest BCUT2D eigenvalue weighted by atomic mass is 9.97. The highest BCUT2D eigenvalue weighted by molar-refractivity contribution is 5.80. The smallest absolute Gasteiger partial charge is 0.317 e. The van der Waals surface area contributed by atoms with Crippen molar-refractivity contribution < 1.29 is 14.3 Å². The lowest BCUT2D eigenvalue weighted by Gasteiger charge is -2.32. The molecule has 138 valence electrons. The van der Waals surface area contributed by atoms with Crippen LogP contribution < -0.4 is 15.4 Å². The quantitative estimate of drug-likeness (QED) is 0.830. The third-order valence-electron chi connectivity index (χ3n) is 4.29. The number of likely N-dealkylation sites (tertiary alicyclic amines) is 1. The molecule has 0 bridgehead atoms. The van der Waals surface area contributed by atoms with Crippen LogP contribution in [0.5, 0.6) is 5.75 Å². The summed E-state index contributed by atoms with van der Waals surface area (Å²) in [5.74, 6) is 0.726. The van der Waals surface area contributed by atoms with Gasteiger partial charge >= 0.3 is 6.03 Å². The Kier molecular flexibility index (Phi) is 7.10. The number of hydrogen-bond donors (Lipinski definition) is 2. The minimum absolute atomic E-state index is 0.0378. The number of hydrogen-bond acceptors (Lipinski definition) is 3. The second-order valence-electron chi connectivity index (χ2n) is 6.66. The van der Waals surface area contributed by atoms with Crippen molar-refractivity contribution in [3.05, 3.63) is 29.8 Å². The molecule has 1 aliphatic heterocycles. The highest BCUT2D eigenvalue weighted by atomic mass is 16.5. The van der Waals surface area contributed by atoms with E-state index in [-0.39, 0.29) is 23.9 Å². The Bertz CT molecular complexity index is 591. The maximum absolute atomic E-state index is 12.4. The molecule has 25 heavy (non-hydrogen) atoms. The van der Waals surface area contributed by atoms with E-state index in [1.807, 2.05) is 45.0 Å². The molecule has 0 aromatic heterocycles. The fourth-order valence-corrected chi connectivity index (χ4v) is 2.96. The van der Waals surface area contributed by atoms with Gasteiger partial charge < -0.3 is 20.3 Å². The van der Waals surface area contributed by atoms with Gasteiger partial charge in [0.05, 0.1) is 12.0 Å². The zero-order valence-electron chi connectivity index (χ0n) is 15.4. The van der Waals surface area contributed by atoms with Gasteiger partial charge in [0, 0.05) is 19.6 Å². The van der Waals surface area contributed by atoms with Crippen molar-refractivity contribution in [2.45, 2.75) is 39.7 Å². The molecule has 0 radical (unpaired) electrons. The number of aryl methyl sites for hydroxylation is 1. The summed E-state index contributed by atoms with van der Waals surface area (Å²) in [7, 11) is 0. The summed E-state index contributed by atoms with van der Waals surface area (Å²) < 4.78 is 5.73. The molecule has 2 N–H and O–H groups in total. The largest absolute Gasteiger partial charge is 0.491 e. The number of nitrogens with one attached hydrogen (secondary N) is 2. The highest BCUT2D eigenvalue weighted by Crippen LogP contribution is 2.17. The predicted molar refractivity (Wildman–Crippen MR) is 97.6 cm³/mol. The molecule has 1 aliphatic rings. The summed E-state index contributed by atoms with van der Waals surface area (Å²) >= 11 is 0. The Hall–Kier alpha value is -2.24. The summed E-state index contributed by atoms with van der Waals surface area (Å²) in [6.07, 6.45) is 1.69. The van der Waals surface area contributed by atoms with Crippen LogP contribution in [0.25, 0.3) is 0 Å². The minimum atomic E-state index is -0.130. The van der Waals surface area contributed by atoms with Crippen LogP contribution in [0.2, 0.25) is 0 Å². The number of amides is 3. The molecule has 0 unspecified atom stereocenters. The number of piperidine rings is 1. The topological polar surface area (TPSA) is 70.7 Å². The predicted octanol–water partition coefficient (Wildman–Crippen LogP) is 2.32. The first-order valence-corrected chi connectivity index (χ1v) is 9.02. The second kappa shape index (κ2) is 9.30. The van der Waals surface area contributed by atoms with Gasteiger partial charge in [-0.05, 0) is 51.3 Å². The Balaban J connectivity index is 1.79. The molecule has 1 aromatic rings. The molecule has 6 nitrogen and oxygen atoms in total. The molecule has 2 rings (SSSR count). The van der Waals surface area contributed by atoms with Gasteiger partial charge in [-0.25, -0.2) is 4.79 Å². The Morgan fingerprint density at radius 1 is 1.40 bits per heavy atom. The Morgan fingerprint density at radius 3 is 2.92 bits per heavy atom. The van der Waals surface area contributed by atoms with Crippen molar-refractivity contribution in [3.63, 3.8) is 0 Å². The van der Waals surface area contributed by atoms with Crippen LogP contribution in [-0.2, 0) is 4.79 Å². The zero-order chi connectivity index (χ0) is 18.2.